The van der Waals surface area contributed by atoms with E-state index < -0.39 is 11.4 Å². The van der Waals surface area contributed by atoms with Crippen LogP contribution in [0.15, 0.2) is 11.6 Å². The molecule has 0 amide bonds. The maximum atomic E-state index is 13.6. The number of allylic oxidation sites excluding steroid dienone is 1. The maximum Gasteiger partial charge on any atom is 0.314 e. The number of carboxylic acid groups (broad SMARTS) is 1. The molecule has 5 aliphatic carbocycles. The first-order chi connectivity index (χ1) is 15.6. The zero-order valence-corrected chi connectivity index (χ0v) is 23.1. The summed E-state index contributed by atoms with van der Waals surface area (Å²) < 4.78 is 0. The first-order valence-corrected chi connectivity index (χ1v) is 14.2. The second-order valence-corrected chi connectivity index (χ2v) is 15.7. The molecular formula is C31H50O3. The van der Waals surface area contributed by atoms with Gasteiger partial charge in [0.15, 0.2) is 0 Å². The number of aliphatic carboxylic acids is 1. The van der Waals surface area contributed by atoms with Crippen LogP contribution >= 0.6 is 0 Å². The van der Waals surface area contributed by atoms with Crippen molar-refractivity contribution in [1.29, 1.82) is 0 Å². The third kappa shape index (κ3) is 2.88. The minimum absolute atomic E-state index is 0.0617. The monoisotopic (exact) mass is 470 g/mol. The molecule has 0 bridgehead atoms. The first-order valence-electron chi connectivity index (χ1n) is 14.2. The van der Waals surface area contributed by atoms with Crippen LogP contribution in [0.1, 0.15) is 113 Å². The quantitative estimate of drug-likeness (QED) is 0.391. The lowest BCUT2D eigenvalue weighted by Crippen LogP contribution is -2.68. The molecule has 2 N–H and O–H groups in total. The average Bonchev–Trinajstić information content (AvgIpc) is 2.70. The van der Waals surface area contributed by atoms with Gasteiger partial charge in [-0.25, -0.2) is 0 Å². The first kappa shape index (κ1) is 24.8. The van der Waals surface area contributed by atoms with Crippen molar-refractivity contribution in [2.45, 2.75) is 119 Å². The molecule has 3 heteroatoms. The van der Waals surface area contributed by atoms with Crippen molar-refractivity contribution in [2.75, 3.05) is 0 Å². The largest absolute Gasteiger partial charge is 0.481 e. The van der Waals surface area contributed by atoms with E-state index in [-0.39, 0.29) is 33.2 Å². The molecule has 4 saturated carbocycles. The minimum Gasteiger partial charge on any atom is -0.481 e. The minimum atomic E-state index is -0.740. The molecule has 3 unspecified atom stereocenters. The van der Waals surface area contributed by atoms with Crippen LogP contribution in [-0.2, 0) is 4.79 Å². The third-order valence-corrected chi connectivity index (χ3v) is 13.0. The zero-order valence-electron chi connectivity index (χ0n) is 23.1. The van der Waals surface area contributed by atoms with Gasteiger partial charge in [-0.05, 0) is 109 Å². The Morgan fingerprint density at radius 1 is 0.941 bits per heavy atom. The smallest absolute Gasteiger partial charge is 0.314 e. The number of carboxylic acids is 1. The summed E-state index contributed by atoms with van der Waals surface area (Å²) in [6, 6.07) is 0. The summed E-state index contributed by atoms with van der Waals surface area (Å²) in [4.78, 5) is 13.6. The predicted molar refractivity (Wildman–Crippen MR) is 137 cm³/mol. The SMILES string of the molecule is C[C@@H]1C[C@]2(C)C(CC=C3C4CC(C)(C)CC[C@]4(C)CC[C@]32C(=O)O)[C@@]2(C)CC[C@H](O)C(C)(C)C12. The molecule has 0 heterocycles. The number of rotatable bonds is 1. The number of aliphatic hydroxyl groups excluding tert-OH is 1. The normalized spacial score (nSPS) is 53.4. The van der Waals surface area contributed by atoms with Crippen LogP contribution in [0.4, 0.5) is 0 Å². The Kier molecular flexibility index (Phi) is 5.22. The van der Waals surface area contributed by atoms with Gasteiger partial charge >= 0.3 is 5.97 Å². The van der Waals surface area contributed by atoms with Crippen molar-refractivity contribution in [2.24, 2.45) is 56.2 Å². The molecular weight excluding hydrogens is 420 g/mol. The zero-order chi connectivity index (χ0) is 25.1. The topological polar surface area (TPSA) is 57.5 Å². The van der Waals surface area contributed by atoms with Gasteiger partial charge in [0, 0.05) is 0 Å². The van der Waals surface area contributed by atoms with E-state index in [0.29, 0.717) is 23.7 Å². The lowest BCUT2D eigenvalue weighted by atomic mass is 9.32. The summed E-state index contributed by atoms with van der Waals surface area (Å²) in [7, 11) is 0. The molecule has 5 rings (SSSR count). The molecule has 9 atom stereocenters. The van der Waals surface area contributed by atoms with Gasteiger partial charge in [-0.2, -0.15) is 0 Å². The van der Waals surface area contributed by atoms with Crippen LogP contribution in [-0.4, -0.2) is 22.3 Å². The maximum absolute atomic E-state index is 13.6. The molecule has 4 fully saturated rings. The molecule has 192 valence electrons. The lowest BCUT2D eigenvalue weighted by molar-refractivity contribution is -0.229. The predicted octanol–water partition coefficient (Wildman–Crippen LogP) is 7.48. The fourth-order valence-corrected chi connectivity index (χ4v) is 11.5. The molecule has 0 spiro atoms. The molecule has 0 radical (unpaired) electrons. The molecule has 0 aromatic carbocycles. The Balaban J connectivity index is 1.67. The van der Waals surface area contributed by atoms with E-state index in [1.165, 1.54) is 18.4 Å². The van der Waals surface area contributed by atoms with Crippen LogP contribution < -0.4 is 0 Å². The summed E-state index contributed by atoms with van der Waals surface area (Å²) in [6.07, 6.45) is 11.5. The molecule has 34 heavy (non-hydrogen) atoms. The van der Waals surface area contributed by atoms with Gasteiger partial charge in [0.05, 0.1) is 11.5 Å². The molecule has 0 saturated heterocycles. The van der Waals surface area contributed by atoms with E-state index in [2.05, 4.69) is 61.5 Å². The molecule has 0 aliphatic heterocycles. The van der Waals surface area contributed by atoms with E-state index in [9.17, 15) is 15.0 Å². The second kappa shape index (κ2) is 7.14. The Bertz CT molecular complexity index is 916. The van der Waals surface area contributed by atoms with Crippen molar-refractivity contribution in [1.82, 2.24) is 0 Å². The van der Waals surface area contributed by atoms with Gasteiger partial charge < -0.3 is 10.2 Å². The Labute approximate surface area is 208 Å². The standard InChI is InChI=1S/C31H50O3/c1-19-17-30(8)22(29(7)12-11-23(32)27(4,5)24(19)29)10-9-20-21-18-26(2,3)13-14-28(21,6)15-16-31(20,30)25(33)34/h9,19,21-24,32H,10-18H2,1-8H3,(H,33,34)/t19-,21?,22?,23+,24?,28-,29-,30-,31-/m1/s1. The van der Waals surface area contributed by atoms with Gasteiger partial charge in [0.1, 0.15) is 0 Å². The van der Waals surface area contributed by atoms with E-state index in [1.807, 2.05) is 0 Å². The summed E-state index contributed by atoms with van der Waals surface area (Å²) in [6.45, 7) is 19.0. The van der Waals surface area contributed by atoms with Crippen LogP contribution in [0.2, 0.25) is 0 Å². The lowest BCUT2D eigenvalue weighted by Gasteiger charge is -2.72. The summed E-state index contributed by atoms with van der Waals surface area (Å²) >= 11 is 0. The van der Waals surface area contributed by atoms with Gasteiger partial charge in [0.25, 0.3) is 0 Å². The molecule has 0 aromatic heterocycles. The van der Waals surface area contributed by atoms with Gasteiger partial charge in [-0.1, -0.05) is 67.0 Å². The summed E-state index contributed by atoms with van der Waals surface area (Å²) in [5, 5.41) is 22.2. The molecule has 3 nitrogen and oxygen atoms in total. The molecule has 0 aromatic rings. The van der Waals surface area contributed by atoms with Gasteiger partial charge in [0.2, 0.25) is 0 Å². The van der Waals surface area contributed by atoms with E-state index in [1.54, 1.807) is 0 Å². The van der Waals surface area contributed by atoms with Crippen molar-refractivity contribution < 1.29 is 15.0 Å². The van der Waals surface area contributed by atoms with E-state index in [4.69, 9.17) is 0 Å². The number of aliphatic hydroxyl groups is 1. The Morgan fingerprint density at radius 3 is 2.24 bits per heavy atom. The third-order valence-electron chi connectivity index (χ3n) is 13.0. The highest BCUT2D eigenvalue weighted by molar-refractivity contribution is 5.81. The van der Waals surface area contributed by atoms with Crippen LogP contribution in [0.3, 0.4) is 0 Å². The highest BCUT2D eigenvalue weighted by Gasteiger charge is 2.72. The highest BCUT2D eigenvalue weighted by Crippen LogP contribution is 2.76. The number of fused-ring (bicyclic) bond motifs is 7. The van der Waals surface area contributed by atoms with E-state index in [0.717, 1.165) is 44.9 Å². The fraction of sp³-hybridized carbons (Fsp3) is 0.903. The highest BCUT2D eigenvalue weighted by atomic mass is 16.4. The summed E-state index contributed by atoms with van der Waals surface area (Å²) in [5.74, 6) is 1.02. The van der Waals surface area contributed by atoms with Crippen molar-refractivity contribution in [3.8, 4) is 0 Å². The fourth-order valence-electron chi connectivity index (χ4n) is 11.5. The van der Waals surface area contributed by atoms with Crippen LogP contribution in [0, 0.1) is 56.2 Å². The number of carbonyl (C=O) groups is 1. The second-order valence-electron chi connectivity index (χ2n) is 15.7. The van der Waals surface area contributed by atoms with Crippen molar-refractivity contribution in [3.05, 3.63) is 11.6 Å². The Morgan fingerprint density at radius 2 is 1.59 bits per heavy atom. The van der Waals surface area contributed by atoms with Crippen molar-refractivity contribution in [3.63, 3.8) is 0 Å². The summed E-state index contributed by atoms with van der Waals surface area (Å²) in [5.41, 5.74) is 0.784. The van der Waals surface area contributed by atoms with E-state index >= 15 is 0 Å². The number of hydrogen-bond acceptors (Lipinski definition) is 2. The average molecular weight is 471 g/mol. The van der Waals surface area contributed by atoms with Crippen LogP contribution in [0.25, 0.3) is 0 Å². The van der Waals surface area contributed by atoms with Crippen molar-refractivity contribution >= 4 is 5.97 Å². The number of hydrogen-bond donors (Lipinski definition) is 2. The Hall–Kier alpha value is -0.830. The van der Waals surface area contributed by atoms with Gasteiger partial charge in [-0.15, -0.1) is 0 Å². The molecule has 5 aliphatic rings. The van der Waals surface area contributed by atoms with Gasteiger partial charge in [-0.3, -0.25) is 4.79 Å². The van der Waals surface area contributed by atoms with Crippen LogP contribution in [0.5, 0.6) is 0 Å².